The summed E-state index contributed by atoms with van der Waals surface area (Å²) in [4.78, 5) is 19.3. The van der Waals surface area contributed by atoms with E-state index in [0.29, 0.717) is 0 Å². The molecule has 0 spiro atoms. The molecule has 0 bridgehead atoms. The molecule has 0 aliphatic rings. The topological polar surface area (TPSA) is 104 Å². The van der Waals surface area contributed by atoms with Crippen LogP contribution in [0.15, 0.2) is 0 Å². The van der Waals surface area contributed by atoms with E-state index >= 15 is 0 Å². The van der Waals surface area contributed by atoms with E-state index in [9.17, 15) is 4.79 Å². The van der Waals surface area contributed by atoms with Crippen molar-refractivity contribution in [3.63, 3.8) is 0 Å². The molecule has 7 heteroatoms. The zero-order valence-corrected chi connectivity index (χ0v) is 12.6. The summed E-state index contributed by atoms with van der Waals surface area (Å²) in [7, 11) is -0.0142. The van der Waals surface area contributed by atoms with Gasteiger partial charge in [-0.25, -0.2) is 14.8 Å². The zero-order chi connectivity index (χ0) is 14.6. The number of rotatable bonds is 2. The number of nitrogen functional groups attached to an aromatic ring is 2. The average Bonchev–Trinajstić information content (AvgIpc) is 2.29. The van der Waals surface area contributed by atoms with Crippen LogP contribution in [0, 0.1) is 11.8 Å². The minimum atomic E-state index is -1.26. The normalized spacial score (nSPS) is 10.5. The minimum Gasteiger partial charge on any atom is -0.464 e. The Labute approximate surface area is 113 Å². The van der Waals surface area contributed by atoms with Gasteiger partial charge in [0.25, 0.3) is 0 Å². The van der Waals surface area contributed by atoms with E-state index in [1.807, 2.05) is 0 Å². The number of carbonyl (C=O) groups excluding carboxylic acids is 1. The van der Waals surface area contributed by atoms with Gasteiger partial charge < -0.3 is 16.2 Å². The van der Waals surface area contributed by atoms with E-state index in [-0.39, 0.29) is 23.0 Å². The Morgan fingerprint density at radius 1 is 1.26 bits per heavy atom. The number of ether oxygens (including phenoxy) is 1. The predicted molar refractivity (Wildman–Crippen MR) is 77.2 cm³/mol. The quantitative estimate of drug-likeness (QED) is 0.477. The fourth-order valence-corrected chi connectivity index (χ4v) is 1.81. The van der Waals surface area contributed by atoms with Crippen LogP contribution in [0.1, 0.15) is 16.2 Å². The molecule has 6 nitrogen and oxygen atoms in total. The number of nitrogens with two attached hydrogens (primary N) is 2. The second kappa shape index (κ2) is 5.71. The second-order valence-corrected chi connectivity index (χ2v) is 10.7. The fourth-order valence-electron chi connectivity index (χ4n) is 1.19. The van der Waals surface area contributed by atoms with Crippen molar-refractivity contribution in [2.45, 2.75) is 25.7 Å². The van der Waals surface area contributed by atoms with Gasteiger partial charge >= 0.3 is 5.97 Å². The van der Waals surface area contributed by atoms with Crippen molar-refractivity contribution >= 4 is 25.7 Å². The molecule has 0 aliphatic heterocycles. The lowest BCUT2D eigenvalue weighted by Gasteiger charge is -2.09. The van der Waals surface area contributed by atoms with Gasteiger partial charge in [-0.1, -0.05) is 25.6 Å². The highest BCUT2D eigenvalue weighted by atomic mass is 28.3. The van der Waals surface area contributed by atoms with E-state index in [1.54, 1.807) is 0 Å². The lowest BCUT2D eigenvalue weighted by atomic mass is 10.3. The summed E-state index contributed by atoms with van der Waals surface area (Å²) in [5.74, 6) is 5.27. The number of hydrogen-bond acceptors (Lipinski definition) is 6. The largest absolute Gasteiger partial charge is 0.464 e. The highest BCUT2D eigenvalue weighted by Gasteiger charge is 2.16. The number of hydrogen-bond donors (Lipinski definition) is 2. The minimum absolute atomic E-state index is 0.0555. The van der Waals surface area contributed by atoms with Crippen LogP contribution in [0.25, 0.3) is 0 Å². The zero-order valence-electron chi connectivity index (χ0n) is 11.6. The van der Waals surface area contributed by atoms with Gasteiger partial charge in [-0.15, -0.1) is 0 Å². The molecule has 1 aromatic rings. The first-order valence-corrected chi connectivity index (χ1v) is 9.45. The lowest BCUT2D eigenvalue weighted by Crippen LogP contribution is -2.17. The molecule has 0 aliphatic carbocycles. The molecule has 0 atom stereocenters. The molecule has 0 amide bonds. The van der Waals surface area contributed by atoms with Crippen LogP contribution in [-0.2, 0) is 4.74 Å². The van der Waals surface area contributed by atoms with Gasteiger partial charge in [0.2, 0.25) is 0 Å². The third kappa shape index (κ3) is 4.26. The summed E-state index contributed by atoms with van der Waals surface area (Å²) in [5.41, 5.74) is 11.4. The van der Waals surface area contributed by atoms with Crippen LogP contribution < -0.4 is 11.5 Å². The molecular weight excluding hydrogens is 260 g/mol. The monoisotopic (exact) mass is 278 g/mol. The van der Waals surface area contributed by atoms with E-state index in [0.717, 1.165) is 6.04 Å². The summed E-state index contributed by atoms with van der Waals surface area (Å²) in [6.07, 6.45) is 0. The molecule has 19 heavy (non-hydrogen) atoms. The first kappa shape index (κ1) is 15.0. The SMILES string of the molecule is COC(=O)c1nc(C#CC[Si](C)(C)C)c(N)nc1N. The highest BCUT2D eigenvalue weighted by molar-refractivity contribution is 6.76. The maximum Gasteiger partial charge on any atom is 0.360 e. The van der Waals surface area contributed by atoms with Crippen molar-refractivity contribution in [1.82, 2.24) is 9.97 Å². The molecular formula is C12H18N4O2Si. The Kier molecular flexibility index (Phi) is 4.50. The van der Waals surface area contributed by atoms with E-state index in [1.165, 1.54) is 7.11 Å². The van der Waals surface area contributed by atoms with Crippen molar-refractivity contribution < 1.29 is 9.53 Å². The summed E-state index contributed by atoms with van der Waals surface area (Å²) in [6.45, 7) is 6.62. The molecule has 1 rings (SSSR count). The molecule has 102 valence electrons. The fraction of sp³-hybridized carbons (Fsp3) is 0.417. The van der Waals surface area contributed by atoms with Gasteiger partial charge in [-0.05, 0) is 5.92 Å². The third-order valence-corrected chi connectivity index (χ3v) is 3.39. The number of methoxy groups -OCH3 is 1. The van der Waals surface area contributed by atoms with Gasteiger partial charge in [0.05, 0.1) is 15.2 Å². The molecule has 0 unspecified atom stereocenters. The Morgan fingerprint density at radius 2 is 1.89 bits per heavy atom. The molecule has 0 fully saturated rings. The van der Waals surface area contributed by atoms with Gasteiger partial charge in [0.15, 0.2) is 23.0 Å². The van der Waals surface area contributed by atoms with E-state index in [2.05, 4.69) is 46.2 Å². The smallest absolute Gasteiger partial charge is 0.360 e. The Balaban J connectivity index is 3.11. The van der Waals surface area contributed by atoms with Gasteiger partial charge in [-0.2, -0.15) is 0 Å². The second-order valence-electron chi connectivity index (χ2n) is 5.22. The predicted octanol–water partition coefficient (Wildman–Crippen LogP) is 1.12. The molecule has 0 saturated heterocycles. The van der Waals surface area contributed by atoms with Crippen LogP contribution in [0.5, 0.6) is 0 Å². The number of esters is 1. The molecule has 4 N–H and O–H groups in total. The standard InChI is InChI=1S/C12H18N4O2Si/c1-18-12(17)9-11(14)16-10(13)8(15-9)6-5-7-19(2,3)4/h7H2,1-4H3,(H4,13,14,16). The Morgan fingerprint density at radius 3 is 2.42 bits per heavy atom. The summed E-state index contributed by atoms with van der Waals surface area (Å²) in [5, 5.41) is 0. The Hall–Kier alpha value is -2.07. The highest BCUT2D eigenvalue weighted by Crippen LogP contribution is 2.13. The van der Waals surface area contributed by atoms with Crippen molar-refractivity contribution in [3.05, 3.63) is 11.4 Å². The maximum atomic E-state index is 11.4. The number of nitrogens with zero attached hydrogens (tertiary/aromatic N) is 2. The molecule has 0 radical (unpaired) electrons. The summed E-state index contributed by atoms with van der Waals surface area (Å²) < 4.78 is 4.57. The third-order valence-electron chi connectivity index (χ3n) is 2.15. The van der Waals surface area contributed by atoms with Gasteiger partial charge in [0.1, 0.15) is 0 Å². The average molecular weight is 278 g/mol. The van der Waals surface area contributed by atoms with E-state index in [4.69, 9.17) is 11.5 Å². The van der Waals surface area contributed by atoms with Crippen LogP contribution in [0.2, 0.25) is 25.7 Å². The van der Waals surface area contributed by atoms with Crippen molar-refractivity contribution in [2.24, 2.45) is 0 Å². The summed E-state index contributed by atoms with van der Waals surface area (Å²) >= 11 is 0. The van der Waals surface area contributed by atoms with Gasteiger partial charge in [0, 0.05) is 6.04 Å². The molecule has 0 aromatic carbocycles. The molecule has 0 saturated carbocycles. The van der Waals surface area contributed by atoms with Crippen molar-refractivity contribution in [2.75, 3.05) is 18.6 Å². The van der Waals surface area contributed by atoms with Crippen LogP contribution in [-0.4, -0.2) is 31.1 Å². The van der Waals surface area contributed by atoms with Crippen LogP contribution >= 0.6 is 0 Å². The van der Waals surface area contributed by atoms with Crippen LogP contribution in [0.3, 0.4) is 0 Å². The number of carbonyl (C=O) groups is 1. The number of aromatic nitrogens is 2. The number of anilines is 2. The van der Waals surface area contributed by atoms with Crippen LogP contribution in [0.4, 0.5) is 11.6 Å². The van der Waals surface area contributed by atoms with Gasteiger partial charge in [-0.3, -0.25) is 0 Å². The summed E-state index contributed by atoms with van der Waals surface area (Å²) in [6, 6.07) is 0.812. The molecule has 1 heterocycles. The Bertz CT molecular complexity index is 555. The van der Waals surface area contributed by atoms with E-state index < -0.39 is 14.0 Å². The first-order chi connectivity index (χ1) is 8.74. The lowest BCUT2D eigenvalue weighted by molar-refractivity contribution is 0.0595. The maximum absolute atomic E-state index is 11.4. The molecule has 1 aromatic heterocycles. The van der Waals surface area contributed by atoms with Crippen molar-refractivity contribution in [3.8, 4) is 11.8 Å². The van der Waals surface area contributed by atoms with Crippen molar-refractivity contribution in [1.29, 1.82) is 0 Å². The first-order valence-electron chi connectivity index (χ1n) is 5.75.